The zero-order chi connectivity index (χ0) is 13.4. The Balaban J connectivity index is 4.66. The lowest BCUT2D eigenvalue weighted by Crippen LogP contribution is -2.44. The highest BCUT2D eigenvalue weighted by molar-refractivity contribution is 5.75. The molecular formula is C10H19NO6. The first kappa shape index (κ1) is 15.8. The van der Waals surface area contributed by atoms with Gasteiger partial charge in [-0.2, -0.15) is 0 Å². The molecule has 0 aromatic rings. The van der Waals surface area contributed by atoms with Crippen LogP contribution in [0.2, 0.25) is 0 Å². The van der Waals surface area contributed by atoms with Gasteiger partial charge in [-0.3, -0.25) is 4.79 Å². The maximum Gasteiger partial charge on any atom is 0.335 e. The second kappa shape index (κ2) is 7.99. The predicted octanol–water partition coefficient (Wildman–Crippen LogP) is -0.317. The molecule has 7 heteroatoms. The summed E-state index contributed by atoms with van der Waals surface area (Å²) in [5, 5.41) is 17.6. The van der Waals surface area contributed by atoms with Gasteiger partial charge >= 0.3 is 11.9 Å². The second-order valence-electron chi connectivity index (χ2n) is 3.39. The van der Waals surface area contributed by atoms with Gasteiger partial charge in [0.2, 0.25) is 0 Å². The van der Waals surface area contributed by atoms with Crippen LogP contribution in [-0.4, -0.2) is 53.6 Å². The van der Waals surface area contributed by atoms with Crippen molar-refractivity contribution >= 4 is 11.9 Å². The fourth-order valence-electron chi connectivity index (χ4n) is 1.36. The van der Waals surface area contributed by atoms with Gasteiger partial charge in [0, 0.05) is 19.6 Å². The van der Waals surface area contributed by atoms with Crippen LogP contribution < -0.4 is 5.73 Å². The summed E-state index contributed by atoms with van der Waals surface area (Å²) in [6.07, 6.45) is -2.19. The fraction of sp³-hybridized carbons (Fsp3) is 0.800. The van der Waals surface area contributed by atoms with Gasteiger partial charge < -0.3 is 25.4 Å². The zero-order valence-electron chi connectivity index (χ0n) is 9.96. The first-order valence-corrected chi connectivity index (χ1v) is 5.38. The fourth-order valence-corrected chi connectivity index (χ4v) is 1.36. The summed E-state index contributed by atoms with van der Waals surface area (Å²) in [6, 6.07) is -1.17. The van der Waals surface area contributed by atoms with Gasteiger partial charge in [-0.1, -0.05) is 0 Å². The Morgan fingerprint density at radius 1 is 1.12 bits per heavy atom. The number of rotatable bonds is 9. The van der Waals surface area contributed by atoms with E-state index in [0.717, 1.165) is 0 Å². The average Bonchev–Trinajstić information content (AvgIpc) is 2.24. The molecule has 4 N–H and O–H groups in total. The van der Waals surface area contributed by atoms with E-state index in [1.807, 2.05) is 0 Å². The molecule has 100 valence electrons. The molecule has 0 aliphatic rings. The summed E-state index contributed by atoms with van der Waals surface area (Å²) in [6.45, 7) is 3.79. The van der Waals surface area contributed by atoms with E-state index >= 15 is 0 Å². The van der Waals surface area contributed by atoms with Crippen molar-refractivity contribution in [3.05, 3.63) is 0 Å². The minimum Gasteiger partial charge on any atom is -0.480 e. The van der Waals surface area contributed by atoms with E-state index in [4.69, 9.17) is 25.4 Å². The molecular weight excluding hydrogens is 230 g/mol. The van der Waals surface area contributed by atoms with Crippen LogP contribution in [-0.2, 0) is 19.1 Å². The van der Waals surface area contributed by atoms with Gasteiger partial charge in [-0.25, -0.2) is 4.79 Å². The SMILES string of the molecule is CCOC(CC(N)C(=O)O)C(OCC)C(=O)O. The second-order valence-corrected chi connectivity index (χ2v) is 3.39. The van der Waals surface area contributed by atoms with E-state index in [2.05, 4.69) is 0 Å². The van der Waals surface area contributed by atoms with Gasteiger partial charge in [0.05, 0.1) is 6.10 Å². The van der Waals surface area contributed by atoms with Crippen molar-refractivity contribution in [1.29, 1.82) is 0 Å². The summed E-state index contributed by atoms with van der Waals surface area (Å²) in [5.74, 6) is -2.39. The molecule has 0 amide bonds. The number of ether oxygens (including phenoxy) is 2. The van der Waals surface area contributed by atoms with E-state index in [1.54, 1.807) is 13.8 Å². The van der Waals surface area contributed by atoms with Crippen molar-refractivity contribution < 1.29 is 29.3 Å². The van der Waals surface area contributed by atoms with E-state index < -0.39 is 30.2 Å². The van der Waals surface area contributed by atoms with Crippen molar-refractivity contribution in [2.24, 2.45) is 5.73 Å². The lowest BCUT2D eigenvalue weighted by atomic mass is 10.0. The van der Waals surface area contributed by atoms with E-state index in [0.29, 0.717) is 0 Å². The van der Waals surface area contributed by atoms with Crippen molar-refractivity contribution in [1.82, 2.24) is 0 Å². The van der Waals surface area contributed by atoms with Crippen LogP contribution in [0.3, 0.4) is 0 Å². The Hall–Kier alpha value is -1.18. The molecule has 0 bridgehead atoms. The van der Waals surface area contributed by atoms with Gasteiger partial charge in [0.25, 0.3) is 0 Å². The Bertz CT molecular complexity index is 257. The normalized spacial score (nSPS) is 16.2. The zero-order valence-corrected chi connectivity index (χ0v) is 9.96. The topological polar surface area (TPSA) is 119 Å². The molecule has 0 saturated heterocycles. The van der Waals surface area contributed by atoms with Crippen LogP contribution in [0.1, 0.15) is 20.3 Å². The number of carbonyl (C=O) groups is 2. The number of carboxylic acids is 2. The largest absolute Gasteiger partial charge is 0.480 e. The molecule has 7 nitrogen and oxygen atoms in total. The third-order valence-electron chi connectivity index (χ3n) is 2.11. The maximum absolute atomic E-state index is 11.0. The van der Waals surface area contributed by atoms with Gasteiger partial charge in [0.15, 0.2) is 6.10 Å². The van der Waals surface area contributed by atoms with Crippen molar-refractivity contribution in [2.75, 3.05) is 13.2 Å². The van der Waals surface area contributed by atoms with Crippen LogP contribution >= 0.6 is 0 Å². The summed E-state index contributed by atoms with van der Waals surface area (Å²) in [5.41, 5.74) is 5.35. The Kier molecular flexibility index (Phi) is 7.44. The number of hydrogen-bond donors (Lipinski definition) is 3. The molecule has 0 rings (SSSR count). The quantitative estimate of drug-likeness (QED) is 0.512. The van der Waals surface area contributed by atoms with E-state index in [9.17, 15) is 9.59 Å². The highest BCUT2D eigenvalue weighted by Crippen LogP contribution is 2.11. The van der Waals surface area contributed by atoms with E-state index in [-0.39, 0.29) is 19.6 Å². The van der Waals surface area contributed by atoms with Gasteiger partial charge in [-0.15, -0.1) is 0 Å². The Morgan fingerprint density at radius 3 is 2.00 bits per heavy atom. The number of aliphatic carboxylic acids is 2. The number of nitrogens with two attached hydrogens (primary N) is 1. The van der Waals surface area contributed by atoms with Gasteiger partial charge in [0.1, 0.15) is 6.04 Å². The van der Waals surface area contributed by atoms with Crippen LogP contribution in [0.25, 0.3) is 0 Å². The minimum absolute atomic E-state index is 0.111. The first-order valence-electron chi connectivity index (χ1n) is 5.38. The van der Waals surface area contributed by atoms with Gasteiger partial charge in [-0.05, 0) is 13.8 Å². The molecule has 0 heterocycles. The third-order valence-corrected chi connectivity index (χ3v) is 2.11. The molecule has 3 atom stereocenters. The Morgan fingerprint density at radius 2 is 1.65 bits per heavy atom. The average molecular weight is 249 g/mol. The highest BCUT2D eigenvalue weighted by atomic mass is 16.6. The third kappa shape index (κ3) is 5.62. The molecule has 0 radical (unpaired) electrons. The summed E-state index contributed by atoms with van der Waals surface area (Å²) in [4.78, 5) is 21.6. The summed E-state index contributed by atoms with van der Waals surface area (Å²) >= 11 is 0. The van der Waals surface area contributed by atoms with E-state index in [1.165, 1.54) is 0 Å². The van der Waals surface area contributed by atoms with Crippen molar-refractivity contribution in [3.63, 3.8) is 0 Å². The molecule has 3 unspecified atom stereocenters. The van der Waals surface area contributed by atoms with Crippen LogP contribution in [0.15, 0.2) is 0 Å². The molecule has 0 spiro atoms. The maximum atomic E-state index is 11.0. The predicted molar refractivity (Wildman–Crippen MR) is 58.7 cm³/mol. The first-order chi connectivity index (χ1) is 7.93. The van der Waals surface area contributed by atoms with Crippen molar-refractivity contribution in [3.8, 4) is 0 Å². The summed E-state index contributed by atoms with van der Waals surface area (Å²) < 4.78 is 10.2. The number of carboxylic acid groups (broad SMARTS) is 2. The minimum atomic E-state index is -1.20. The molecule has 17 heavy (non-hydrogen) atoms. The van der Waals surface area contributed by atoms with Crippen LogP contribution in [0.5, 0.6) is 0 Å². The monoisotopic (exact) mass is 249 g/mol. The standard InChI is InChI=1S/C10H19NO6/c1-3-16-7(5-6(11)9(12)13)8(10(14)15)17-4-2/h6-8H,3-5,11H2,1-2H3,(H,12,13)(H,14,15). The highest BCUT2D eigenvalue weighted by Gasteiger charge is 2.32. The molecule has 0 saturated carbocycles. The van der Waals surface area contributed by atoms with Crippen LogP contribution in [0.4, 0.5) is 0 Å². The Labute approximate surface area is 99.5 Å². The summed E-state index contributed by atoms with van der Waals surface area (Å²) in [7, 11) is 0. The lowest BCUT2D eigenvalue weighted by molar-refractivity contribution is -0.163. The molecule has 0 aromatic heterocycles. The lowest BCUT2D eigenvalue weighted by Gasteiger charge is -2.24. The molecule has 0 aliphatic heterocycles. The van der Waals surface area contributed by atoms with Crippen molar-refractivity contribution in [2.45, 2.75) is 38.5 Å². The molecule has 0 fully saturated rings. The number of hydrogen-bond acceptors (Lipinski definition) is 5. The van der Waals surface area contributed by atoms with Crippen LogP contribution in [0, 0.1) is 0 Å². The molecule has 0 aromatic carbocycles. The molecule has 0 aliphatic carbocycles. The smallest absolute Gasteiger partial charge is 0.335 e.